The largest absolute Gasteiger partial charge is 0.416 e. The molecule has 39 heavy (non-hydrogen) atoms. The maximum atomic E-state index is 13.3. The molecule has 2 aromatic heterocycles. The number of aryl methyl sites for hydroxylation is 2. The molecule has 5 rings (SSSR count). The van der Waals surface area contributed by atoms with Crippen LogP contribution in [0.1, 0.15) is 49.7 Å². The first kappa shape index (κ1) is 26.3. The summed E-state index contributed by atoms with van der Waals surface area (Å²) in [5, 5.41) is 8.47. The summed E-state index contributed by atoms with van der Waals surface area (Å²) in [7, 11) is 0. The number of carbonyl (C=O) groups excluding carboxylic acids is 1. The van der Waals surface area contributed by atoms with E-state index in [0.29, 0.717) is 28.2 Å². The van der Waals surface area contributed by atoms with Gasteiger partial charge in [0.05, 0.1) is 29.2 Å². The van der Waals surface area contributed by atoms with Crippen LogP contribution in [0.5, 0.6) is 0 Å². The second kappa shape index (κ2) is 10.1. The fourth-order valence-electron chi connectivity index (χ4n) is 5.00. The zero-order valence-corrected chi connectivity index (χ0v) is 22.2. The van der Waals surface area contributed by atoms with E-state index in [1.165, 1.54) is 11.6 Å². The van der Waals surface area contributed by atoms with Gasteiger partial charge < -0.3 is 9.88 Å². The Kier molecular flexibility index (Phi) is 6.80. The summed E-state index contributed by atoms with van der Waals surface area (Å²) in [6, 6.07) is 21.1. The van der Waals surface area contributed by atoms with Crippen molar-refractivity contribution in [2.24, 2.45) is 0 Å². The average Bonchev–Trinajstić information content (AvgIpc) is 3.31. The molecule has 0 radical (unpaired) electrons. The first-order valence-electron chi connectivity index (χ1n) is 12.7. The highest BCUT2D eigenvalue weighted by Gasteiger charge is 2.30. The molecule has 5 nitrogen and oxygen atoms in total. The number of nitrogens with zero attached hydrogens (tertiary/aromatic N) is 3. The van der Waals surface area contributed by atoms with Crippen LogP contribution in [0.2, 0.25) is 0 Å². The van der Waals surface area contributed by atoms with Gasteiger partial charge in [-0.1, -0.05) is 42.5 Å². The van der Waals surface area contributed by atoms with E-state index in [2.05, 4.69) is 41.0 Å². The fourth-order valence-corrected chi connectivity index (χ4v) is 5.00. The van der Waals surface area contributed by atoms with Crippen LogP contribution in [0.15, 0.2) is 72.8 Å². The second-order valence-corrected chi connectivity index (χ2v) is 9.87. The van der Waals surface area contributed by atoms with Gasteiger partial charge in [-0.15, -0.1) is 0 Å². The maximum Gasteiger partial charge on any atom is 0.416 e. The normalized spacial score (nSPS) is 11.8. The first-order valence-corrected chi connectivity index (χ1v) is 12.7. The van der Waals surface area contributed by atoms with Crippen molar-refractivity contribution in [2.75, 3.05) is 5.32 Å². The minimum absolute atomic E-state index is 0.159. The van der Waals surface area contributed by atoms with Gasteiger partial charge in [-0.3, -0.25) is 9.48 Å². The number of aromatic nitrogens is 3. The van der Waals surface area contributed by atoms with Crippen molar-refractivity contribution in [2.45, 2.75) is 47.0 Å². The molecule has 8 heteroatoms. The summed E-state index contributed by atoms with van der Waals surface area (Å²) < 4.78 is 43.3. The van der Waals surface area contributed by atoms with Crippen molar-refractivity contribution in [1.82, 2.24) is 14.3 Å². The summed E-state index contributed by atoms with van der Waals surface area (Å²) in [6.45, 7) is 8.61. The lowest BCUT2D eigenvalue weighted by Gasteiger charge is -2.11. The molecule has 0 fully saturated rings. The number of carbonyl (C=O) groups is 1. The van der Waals surface area contributed by atoms with Gasteiger partial charge >= 0.3 is 6.18 Å². The summed E-state index contributed by atoms with van der Waals surface area (Å²) >= 11 is 0. The lowest BCUT2D eigenvalue weighted by molar-refractivity contribution is -0.137. The van der Waals surface area contributed by atoms with Gasteiger partial charge in [0.1, 0.15) is 0 Å². The van der Waals surface area contributed by atoms with Crippen LogP contribution in [-0.2, 0) is 19.3 Å². The topological polar surface area (TPSA) is 51.9 Å². The van der Waals surface area contributed by atoms with Gasteiger partial charge in [0, 0.05) is 28.7 Å². The van der Waals surface area contributed by atoms with Crippen LogP contribution in [0, 0.1) is 27.7 Å². The monoisotopic (exact) mass is 530 g/mol. The Labute approximate surface area is 224 Å². The van der Waals surface area contributed by atoms with Crippen molar-refractivity contribution in [1.29, 1.82) is 0 Å². The number of halogens is 3. The molecule has 0 unspecified atom stereocenters. The molecule has 0 bridgehead atoms. The molecule has 0 saturated carbocycles. The molecular weight excluding hydrogens is 501 g/mol. The SMILES string of the molecule is Cc1nn(Cc2cccc(C(F)(F)F)c2)c(C)c1NC(=O)c1ccc2c(c1)c(C)c(C)n2Cc1ccccc1. The van der Waals surface area contributed by atoms with E-state index in [4.69, 9.17) is 0 Å². The lowest BCUT2D eigenvalue weighted by atomic mass is 10.1. The van der Waals surface area contributed by atoms with Gasteiger partial charge in [-0.25, -0.2) is 0 Å². The summed E-state index contributed by atoms with van der Waals surface area (Å²) in [5.74, 6) is -0.269. The Bertz CT molecular complexity index is 1680. The zero-order chi connectivity index (χ0) is 27.9. The second-order valence-electron chi connectivity index (χ2n) is 9.87. The third-order valence-corrected chi connectivity index (χ3v) is 7.29. The Morgan fingerprint density at radius 2 is 1.56 bits per heavy atom. The number of anilines is 1. The number of rotatable bonds is 6. The minimum atomic E-state index is -4.41. The minimum Gasteiger partial charge on any atom is -0.340 e. The molecule has 0 saturated heterocycles. The van der Waals surface area contributed by atoms with Gasteiger partial charge in [-0.2, -0.15) is 18.3 Å². The van der Waals surface area contributed by atoms with Crippen LogP contribution in [0.3, 0.4) is 0 Å². The maximum absolute atomic E-state index is 13.3. The van der Waals surface area contributed by atoms with E-state index in [-0.39, 0.29) is 12.5 Å². The van der Waals surface area contributed by atoms with E-state index >= 15 is 0 Å². The summed E-state index contributed by atoms with van der Waals surface area (Å²) in [4.78, 5) is 13.3. The number of hydrogen-bond acceptors (Lipinski definition) is 2. The number of benzene rings is 3. The molecular formula is C31H29F3N4O. The van der Waals surface area contributed by atoms with Crippen molar-refractivity contribution in [3.05, 3.63) is 118 Å². The molecule has 5 aromatic rings. The van der Waals surface area contributed by atoms with Crippen LogP contribution < -0.4 is 5.32 Å². The van der Waals surface area contributed by atoms with Gasteiger partial charge in [-0.05, 0) is 74.7 Å². The van der Waals surface area contributed by atoms with Crippen LogP contribution >= 0.6 is 0 Å². The zero-order valence-electron chi connectivity index (χ0n) is 22.2. The van der Waals surface area contributed by atoms with Crippen molar-refractivity contribution < 1.29 is 18.0 Å². The van der Waals surface area contributed by atoms with Gasteiger partial charge in [0.2, 0.25) is 0 Å². The van der Waals surface area contributed by atoms with Crippen molar-refractivity contribution >= 4 is 22.5 Å². The molecule has 200 valence electrons. The quantitative estimate of drug-likeness (QED) is 0.248. The lowest BCUT2D eigenvalue weighted by Crippen LogP contribution is -2.13. The number of hydrogen-bond donors (Lipinski definition) is 1. The molecule has 0 atom stereocenters. The number of alkyl halides is 3. The van der Waals surface area contributed by atoms with Crippen LogP contribution in [0.25, 0.3) is 10.9 Å². The van der Waals surface area contributed by atoms with E-state index in [0.717, 1.165) is 40.8 Å². The smallest absolute Gasteiger partial charge is 0.340 e. The highest BCUT2D eigenvalue weighted by Crippen LogP contribution is 2.31. The molecule has 1 amide bonds. The Morgan fingerprint density at radius 3 is 2.28 bits per heavy atom. The van der Waals surface area contributed by atoms with Gasteiger partial charge in [0.15, 0.2) is 0 Å². The molecule has 0 aliphatic carbocycles. The highest BCUT2D eigenvalue weighted by molar-refractivity contribution is 6.07. The van der Waals surface area contributed by atoms with E-state index in [1.807, 2.05) is 36.4 Å². The molecule has 3 aromatic carbocycles. The molecule has 2 heterocycles. The van der Waals surface area contributed by atoms with E-state index in [1.54, 1.807) is 24.6 Å². The molecule has 0 aliphatic heterocycles. The number of nitrogens with one attached hydrogen (secondary N) is 1. The van der Waals surface area contributed by atoms with E-state index in [9.17, 15) is 18.0 Å². The van der Waals surface area contributed by atoms with Crippen LogP contribution in [-0.4, -0.2) is 20.3 Å². The average molecular weight is 531 g/mol. The van der Waals surface area contributed by atoms with Gasteiger partial charge in [0.25, 0.3) is 5.91 Å². The molecule has 0 spiro atoms. The third kappa shape index (κ3) is 5.19. The molecule has 1 N–H and O–H groups in total. The van der Waals surface area contributed by atoms with Crippen molar-refractivity contribution in [3.8, 4) is 0 Å². The third-order valence-electron chi connectivity index (χ3n) is 7.29. The highest BCUT2D eigenvalue weighted by atomic mass is 19.4. The number of fused-ring (bicyclic) bond motifs is 1. The fraction of sp³-hybridized carbons (Fsp3) is 0.226. The van der Waals surface area contributed by atoms with Crippen molar-refractivity contribution in [3.63, 3.8) is 0 Å². The predicted octanol–water partition coefficient (Wildman–Crippen LogP) is 7.44. The predicted molar refractivity (Wildman–Crippen MR) is 147 cm³/mol. The van der Waals surface area contributed by atoms with Crippen LogP contribution in [0.4, 0.5) is 18.9 Å². The Hall–Kier alpha value is -4.33. The Balaban J connectivity index is 1.39. The molecule has 0 aliphatic rings. The summed E-state index contributed by atoms with van der Waals surface area (Å²) in [5.41, 5.74) is 6.65. The standard InChI is InChI=1S/C31H29F3N4O/c1-19-21(3)37(17-23-9-6-5-7-10-23)28-14-13-25(16-27(19)28)30(39)35-29-20(2)36-38(22(29)4)18-24-11-8-12-26(15-24)31(32,33)34/h5-16H,17-18H2,1-4H3,(H,35,39). The van der Waals surface area contributed by atoms with E-state index < -0.39 is 11.7 Å². The first-order chi connectivity index (χ1) is 18.5. The Morgan fingerprint density at radius 1 is 0.846 bits per heavy atom. The summed E-state index contributed by atoms with van der Waals surface area (Å²) in [6.07, 6.45) is -4.41. The number of amides is 1.